The second-order valence-electron chi connectivity index (χ2n) is 4.93. The zero-order valence-electron chi connectivity index (χ0n) is 9.15. The molecule has 0 aromatic rings. The van der Waals surface area contributed by atoms with Gasteiger partial charge < -0.3 is 0 Å². The van der Waals surface area contributed by atoms with E-state index < -0.39 is 42.0 Å². The highest BCUT2D eigenvalue weighted by atomic mass is 35.5. The van der Waals surface area contributed by atoms with Crippen LogP contribution < -0.4 is 0 Å². The summed E-state index contributed by atoms with van der Waals surface area (Å²) in [7, 11) is 0. The van der Waals surface area contributed by atoms with Gasteiger partial charge in [0.05, 0.1) is 21.5 Å². The largest absolute Gasteiger partial charge is 0.126 e. The topological polar surface area (TPSA) is 0 Å². The molecule has 112 valence electrons. The lowest BCUT2D eigenvalue weighted by atomic mass is 9.69. The van der Waals surface area contributed by atoms with Crippen LogP contribution in [-0.4, -0.2) is 37.1 Å². The zero-order chi connectivity index (χ0) is 14.7. The molecular formula is C10H9Cl9. The molecule has 2 bridgehead atoms. The molecule has 0 heterocycles. The molecule has 0 aromatic heterocycles. The molecule has 9 heteroatoms. The molecule has 0 N–H and O–H groups in total. The molecule has 0 aliphatic heterocycles. The maximum atomic E-state index is 6.46. The third-order valence-corrected chi connectivity index (χ3v) is 9.04. The van der Waals surface area contributed by atoms with Crippen LogP contribution in [0.15, 0.2) is 0 Å². The van der Waals surface area contributed by atoms with Crippen LogP contribution in [0.4, 0.5) is 0 Å². The minimum Gasteiger partial charge on any atom is -0.126 e. The Kier molecular flexibility index (Phi) is 5.59. The molecule has 1 unspecified atom stereocenters. The number of halogens is 9. The maximum absolute atomic E-state index is 6.46. The van der Waals surface area contributed by atoms with Crippen molar-refractivity contribution in [1.29, 1.82) is 0 Å². The van der Waals surface area contributed by atoms with Gasteiger partial charge in [-0.05, 0) is 0 Å². The number of rotatable bonds is 3. The monoisotopic (exact) mass is 444 g/mol. The number of hydrogen-bond acceptors (Lipinski definition) is 0. The summed E-state index contributed by atoms with van der Waals surface area (Å²) in [6.07, 6.45) is 0. The number of alkyl halides is 9. The first kappa shape index (κ1) is 18.0. The molecule has 0 nitrogen and oxygen atoms in total. The third kappa shape index (κ3) is 1.94. The van der Waals surface area contributed by atoms with Gasteiger partial charge in [0.15, 0.2) is 0 Å². The van der Waals surface area contributed by atoms with Gasteiger partial charge in [0.25, 0.3) is 0 Å². The Hall–Kier alpha value is 2.61. The molecule has 2 aliphatic carbocycles. The fourth-order valence-corrected chi connectivity index (χ4v) is 8.95. The summed E-state index contributed by atoms with van der Waals surface area (Å²) in [6.45, 7) is 0. The van der Waals surface area contributed by atoms with E-state index in [0.29, 0.717) is 0 Å². The highest BCUT2D eigenvalue weighted by Crippen LogP contribution is 2.76. The molecule has 2 aliphatic rings. The highest BCUT2D eigenvalue weighted by Gasteiger charge is 2.82. The molecule has 2 saturated carbocycles. The summed E-state index contributed by atoms with van der Waals surface area (Å²) in [4.78, 5) is -1.82. The Balaban J connectivity index is 2.72. The average molecular weight is 448 g/mol. The second kappa shape index (κ2) is 5.91. The van der Waals surface area contributed by atoms with Crippen LogP contribution in [0.2, 0.25) is 0 Å². The summed E-state index contributed by atoms with van der Waals surface area (Å²) in [5.41, 5.74) is -1.97. The van der Waals surface area contributed by atoms with Crippen molar-refractivity contribution in [1.82, 2.24) is 0 Å². The van der Waals surface area contributed by atoms with Crippen molar-refractivity contribution in [2.24, 2.45) is 16.7 Å². The van der Waals surface area contributed by atoms with Crippen LogP contribution in [0.1, 0.15) is 0 Å². The number of hydrogen-bond donors (Lipinski definition) is 0. The molecule has 0 spiro atoms. The van der Waals surface area contributed by atoms with Gasteiger partial charge in [-0.3, -0.25) is 0 Å². The van der Waals surface area contributed by atoms with Gasteiger partial charge >= 0.3 is 0 Å². The fourth-order valence-electron chi connectivity index (χ4n) is 3.63. The summed E-state index contributed by atoms with van der Waals surface area (Å²) >= 11 is 56.7. The standard InChI is InChI=1S/C10H9Cl9/c11-1-9(7(16)17)2-3(12)5(14)10(9,8(18)19)6(15)4(2)13/h2-8H,1H2/t2?,3-,4-,5+,6+,9?,10?/m1/s1. The highest BCUT2D eigenvalue weighted by molar-refractivity contribution is 6.49. The first-order valence-corrected chi connectivity index (χ1v) is 9.42. The Morgan fingerprint density at radius 2 is 1.21 bits per heavy atom. The van der Waals surface area contributed by atoms with Crippen molar-refractivity contribution in [2.45, 2.75) is 31.2 Å². The van der Waals surface area contributed by atoms with Crippen molar-refractivity contribution in [2.75, 3.05) is 5.88 Å². The molecule has 0 saturated heterocycles. The molecule has 5 atom stereocenters. The van der Waals surface area contributed by atoms with Crippen molar-refractivity contribution < 1.29 is 0 Å². The van der Waals surface area contributed by atoms with Crippen molar-refractivity contribution in [3.05, 3.63) is 0 Å². The Labute approximate surface area is 157 Å². The normalized spacial score (nSPS) is 53.5. The van der Waals surface area contributed by atoms with E-state index in [1.165, 1.54) is 0 Å². The molecule has 0 radical (unpaired) electrons. The second-order valence-corrected chi connectivity index (χ2v) is 9.33. The summed E-state index contributed by atoms with van der Waals surface area (Å²) in [6, 6.07) is 0. The van der Waals surface area contributed by atoms with Crippen molar-refractivity contribution in [3.63, 3.8) is 0 Å². The van der Waals surface area contributed by atoms with Crippen LogP contribution in [0.25, 0.3) is 0 Å². The smallest absolute Gasteiger partial charge is 0.117 e. The van der Waals surface area contributed by atoms with E-state index in [0.717, 1.165) is 0 Å². The zero-order valence-corrected chi connectivity index (χ0v) is 16.0. The van der Waals surface area contributed by atoms with Crippen LogP contribution >= 0.6 is 104 Å². The molecule has 2 rings (SSSR count). The van der Waals surface area contributed by atoms with Crippen LogP contribution in [0.5, 0.6) is 0 Å². The molecule has 19 heavy (non-hydrogen) atoms. The number of fused-ring (bicyclic) bond motifs is 2. The van der Waals surface area contributed by atoms with E-state index in [4.69, 9.17) is 104 Å². The lowest BCUT2D eigenvalue weighted by molar-refractivity contribution is 0.147. The van der Waals surface area contributed by atoms with E-state index in [2.05, 4.69) is 0 Å². The predicted octanol–water partition coefficient (Wildman–Crippen LogP) is 5.88. The quantitative estimate of drug-likeness (QED) is 0.474. The molecule has 0 amide bonds. The molecular weight excluding hydrogens is 439 g/mol. The molecule has 2 fully saturated rings. The minimum absolute atomic E-state index is 0.0736. The Morgan fingerprint density at radius 3 is 1.42 bits per heavy atom. The Bertz CT molecular complexity index is 343. The maximum Gasteiger partial charge on any atom is 0.117 e. The van der Waals surface area contributed by atoms with Crippen LogP contribution in [-0.2, 0) is 0 Å². The lowest BCUT2D eigenvalue weighted by Gasteiger charge is -2.47. The summed E-state index contributed by atoms with van der Waals surface area (Å²) in [5.74, 6) is -0.289. The first-order valence-electron chi connectivity index (χ1n) is 5.39. The van der Waals surface area contributed by atoms with E-state index in [-0.39, 0.29) is 11.8 Å². The van der Waals surface area contributed by atoms with E-state index >= 15 is 0 Å². The first-order chi connectivity index (χ1) is 8.71. The van der Waals surface area contributed by atoms with Crippen molar-refractivity contribution >= 4 is 104 Å². The van der Waals surface area contributed by atoms with Gasteiger partial charge in [-0.1, -0.05) is 0 Å². The van der Waals surface area contributed by atoms with Gasteiger partial charge in [0.2, 0.25) is 0 Å². The van der Waals surface area contributed by atoms with Gasteiger partial charge in [-0.25, -0.2) is 0 Å². The Morgan fingerprint density at radius 1 is 0.789 bits per heavy atom. The minimum atomic E-state index is -1.04. The van der Waals surface area contributed by atoms with E-state index in [1.54, 1.807) is 0 Å². The fraction of sp³-hybridized carbons (Fsp3) is 1.00. The lowest BCUT2D eigenvalue weighted by Crippen LogP contribution is -2.55. The van der Waals surface area contributed by atoms with Crippen molar-refractivity contribution in [3.8, 4) is 0 Å². The van der Waals surface area contributed by atoms with E-state index in [1.807, 2.05) is 0 Å². The van der Waals surface area contributed by atoms with Crippen LogP contribution in [0.3, 0.4) is 0 Å². The SMILES string of the molecule is ClCC1(C(Cl)Cl)C2[C@@H](Cl)[C@H](Cl)C1(C(Cl)Cl)[C@@H](Cl)[C@@H]2Cl. The van der Waals surface area contributed by atoms with Crippen LogP contribution in [0, 0.1) is 16.7 Å². The summed E-state index contributed by atoms with van der Waals surface area (Å²) in [5, 5.41) is -2.23. The van der Waals surface area contributed by atoms with Gasteiger partial charge in [0, 0.05) is 22.6 Å². The third-order valence-electron chi connectivity index (χ3n) is 4.53. The van der Waals surface area contributed by atoms with Gasteiger partial charge in [-0.15, -0.1) is 104 Å². The van der Waals surface area contributed by atoms with E-state index in [9.17, 15) is 0 Å². The predicted molar refractivity (Wildman–Crippen MR) is 88.6 cm³/mol. The van der Waals surface area contributed by atoms with Gasteiger partial charge in [0.1, 0.15) is 9.67 Å². The summed E-state index contributed by atoms with van der Waals surface area (Å²) < 4.78 is 0. The van der Waals surface area contributed by atoms with Gasteiger partial charge in [-0.2, -0.15) is 0 Å². The molecule has 0 aromatic carbocycles. The average Bonchev–Trinajstić information content (AvgIpc) is 2.66.